The summed E-state index contributed by atoms with van der Waals surface area (Å²) in [5, 5.41) is 6.16. The van der Waals surface area contributed by atoms with E-state index >= 15 is 0 Å². The van der Waals surface area contributed by atoms with Crippen LogP contribution in [0.5, 0.6) is 5.75 Å². The molecule has 0 spiro atoms. The molecule has 0 radical (unpaired) electrons. The summed E-state index contributed by atoms with van der Waals surface area (Å²) in [5.74, 6) is 1.85. The highest BCUT2D eigenvalue weighted by Gasteiger charge is 2.14. The topological polar surface area (TPSA) is 105 Å². The summed E-state index contributed by atoms with van der Waals surface area (Å²) in [6, 6.07) is 6.57. The molecule has 0 aliphatic rings. The Hall–Kier alpha value is -2.39. The molecule has 1 aromatic heterocycles. The first-order valence-corrected chi connectivity index (χ1v) is 9.81. The van der Waals surface area contributed by atoms with Crippen LogP contribution in [0.3, 0.4) is 0 Å². The quantitative estimate of drug-likeness (QED) is 0.572. The molecule has 3 N–H and O–H groups in total. The minimum absolute atomic E-state index is 0.211. The minimum atomic E-state index is -3.58. The molecular formula is C17H25N5O3S. The van der Waals surface area contributed by atoms with Crippen LogP contribution in [-0.2, 0) is 10.0 Å². The van der Waals surface area contributed by atoms with Gasteiger partial charge in [0.05, 0.1) is 12.0 Å². The normalized spacial score (nSPS) is 11.2. The lowest BCUT2D eigenvalue weighted by atomic mass is 10.2. The van der Waals surface area contributed by atoms with Crippen LogP contribution in [0.2, 0.25) is 0 Å². The first-order chi connectivity index (χ1) is 12.4. The van der Waals surface area contributed by atoms with Crippen molar-refractivity contribution in [1.82, 2.24) is 14.7 Å². The van der Waals surface area contributed by atoms with Crippen molar-refractivity contribution in [2.45, 2.75) is 25.7 Å². The number of methoxy groups -OCH3 is 1. The molecule has 2 aromatic rings. The minimum Gasteiger partial charge on any atom is -0.496 e. The third kappa shape index (κ3) is 5.30. The number of ether oxygens (including phenoxy) is 1. The Morgan fingerprint density at radius 2 is 1.85 bits per heavy atom. The van der Waals surface area contributed by atoms with Crippen LogP contribution in [-0.4, -0.2) is 45.1 Å². The molecule has 2 rings (SSSR count). The maximum absolute atomic E-state index is 12.4. The van der Waals surface area contributed by atoms with E-state index < -0.39 is 10.0 Å². The van der Waals surface area contributed by atoms with Crippen LogP contribution >= 0.6 is 0 Å². The van der Waals surface area contributed by atoms with Crippen molar-refractivity contribution in [3.8, 4) is 5.75 Å². The van der Waals surface area contributed by atoms with Crippen molar-refractivity contribution >= 4 is 21.8 Å². The number of sulfonamides is 1. The molecule has 0 bridgehead atoms. The van der Waals surface area contributed by atoms with E-state index in [1.807, 2.05) is 19.9 Å². The summed E-state index contributed by atoms with van der Waals surface area (Å²) >= 11 is 0. The molecule has 1 aromatic carbocycles. The Kier molecular flexibility index (Phi) is 6.76. The van der Waals surface area contributed by atoms with E-state index in [0.29, 0.717) is 24.1 Å². The van der Waals surface area contributed by atoms with Gasteiger partial charge in [0.2, 0.25) is 16.0 Å². The fraction of sp³-hybridized carbons (Fsp3) is 0.412. The van der Waals surface area contributed by atoms with Crippen molar-refractivity contribution in [3.63, 3.8) is 0 Å². The third-order valence-corrected chi connectivity index (χ3v) is 5.05. The number of rotatable bonds is 9. The number of aryl methyl sites for hydroxylation is 2. The van der Waals surface area contributed by atoms with Crippen LogP contribution in [0.1, 0.15) is 18.2 Å². The number of anilines is 2. The molecule has 142 valence electrons. The summed E-state index contributed by atoms with van der Waals surface area (Å²) in [6.07, 6.45) is 0. The van der Waals surface area contributed by atoms with Crippen molar-refractivity contribution in [2.24, 2.45) is 0 Å². The number of benzene rings is 1. The number of aromatic nitrogens is 2. The molecule has 0 atom stereocenters. The molecule has 0 aliphatic carbocycles. The second kappa shape index (κ2) is 8.81. The lowest BCUT2D eigenvalue weighted by Crippen LogP contribution is -2.29. The first-order valence-electron chi connectivity index (χ1n) is 8.33. The molecule has 0 fully saturated rings. The van der Waals surface area contributed by atoms with Gasteiger partial charge in [0.15, 0.2) is 0 Å². The molecular weight excluding hydrogens is 354 g/mol. The van der Waals surface area contributed by atoms with Crippen LogP contribution < -0.4 is 20.1 Å². The Balaban J connectivity index is 1.94. The molecule has 0 amide bonds. The fourth-order valence-electron chi connectivity index (χ4n) is 2.37. The second-order valence-corrected chi connectivity index (χ2v) is 7.47. The molecule has 0 saturated carbocycles. The van der Waals surface area contributed by atoms with Gasteiger partial charge >= 0.3 is 0 Å². The Morgan fingerprint density at radius 1 is 1.08 bits per heavy atom. The van der Waals surface area contributed by atoms with E-state index in [1.165, 1.54) is 6.07 Å². The molecule has 9 heteroatoms. The van der Waals surface area contributed by atoms with Crippen molar-refractivity contribution < 1.29 is 13.2 Å². The largest absolute Gasteiger partial charge is 0.496 e. The van der Waals surface area contributed by atoms with Gasteiger partial charge in [-0.3, -0.25) is 0 Å². The summed E-state index contributed by atoms with van der Waals surface area (Å²) in [4.78, 5) is 8.80. The number of hydrogen-bond acceptors (Lipinski definition) is 7. The third-order valence-electron chi connectivity index (χ3n) is 3.59. The van der Waals surface area contributed by atoms with Crippen molar-refractivity contribution in [2.75, 3.05) is 37.4 Å². The van der Waals surface area contributed by atoms with Crippen molar-refractivity contribution in [3.05, 3.63) is 35.5 Å². The van der Waals surface area contributed by atoms with Crippen molar-refractivity contribution in [1.29, 1.82) is 0 Å². The lowest BCUT2D eigenvalue weighted by molar-refractivity contribution is 0.411. The van der Waals surface area contributed by atoms with Crippen LogP contribution in [0.15, 0.2) is 29.2 Å². The van der Waals surface area contributed by atoms with Gasteiger partial charge in [0.1, 0.15) is 11.6 Å². The Morgan fingerprint density at radius 3 is 2.50 bits per heavy atom. The predicted octanol–water partition coefficient (Wildman–Crippen LogP) is 1.92. The van der Waals surface area contributed by atoms with Gasteiger partial charge < -0.3 is 15.4 Å². The van der Waals surface area contributed by atoms with E-state index in [1.54, 1.807) is 26.2 Å². The highest BCUT2D eigenvalue weighted by molar-refractivity contribution is 7.89. The average molecular weight is 379 g/mol. The number of hydrogen-bond donors (Lipinski definition) is 3. The molecule has 8 nitrogen and oxygen atoms in total. The zero-order chi connectivity index (χ0) is 19.2. The lowest BCUT2D eigenvalue weighted by Gasteiger charge is -2.11. The summed E-state index contributed by atoms with van der Waals surface area (Å²) in [6.45, 7) is 7.00. The average Bonchev–Trinajstić information content (AvgIpc) is 2.58. The van der Waals surface area contributed by atoms with Gasteiger partial charge in [0, 0.05) is 31.4 Å². The molecule has 1 heterocycles. The first kappa shape index (κ1) is 19.9. The molecule has 0 unspecified atom stereocenters. The van der Waals surface area contributed by atoms with Crippen LogP contribution in [0.25, 0.3) is 0 Å². The van der Waals surface area contributed by atoms with Gasteiger partial charge in [-0.05, 0) is 44.5 Å². The van der Waals surface area contributed by atoms with Gasteiger partial charge in [0.25, 0.3) is 0 Å². The van der Waals surface area contributed by atoms with E-state index in [2.05, 4.69) is 25.3 Å². The maximum atomic E-state index is 12.4. The van der Waals surface area contributed by atoms with E-state index in [9.17, 15) is 8.42 Å². The SMILES string of the molecule is CCNc1nc(C)cc(NCCNS(=O)(=O)c2ccc(OC)c(C)c2)n1. The monoisotopic (exact) mass is 379 g/mol. The highest BCUT2D eigenvalue weighted by Crippen LogP contribution is 2.21. The van der Waals surface area contributed by atoms with Gasteiger partial charge in [-0.2, -0.15) is 4.98 Å². The second-order valence-electron chi connectivity index (χ2n) is 5.70. The van der Waals surface area contributed by atoms with E-state index in [-0.39, 0.29) is 11.4 Å². The number of nitrogens with one attached hydrogen (secondary N) is 3. The van der Waals surface area contributed by atoms with Gasteiger partial charge in [-0.15, -0.1) is 0 Å². The molecule has 26 heavy (non-hydrogen) atoms. The Bertz CT molecular complexity index is 855. The fourth-order valence-corrected chi connectivity index (χ4v) is 3.49. The van der Waals surface area contributed by atoms with Crippen LogP contribution in [0.4, 0.5) is 11.8 Å². The summed E-state index contributed by atoms with van der Waals surface area (Å²) in [5.41, 5.74) is 1.59. The molecule has 0 saturated heterocycles. The zero-order valence-electron chi connectivity index (χ0n) is 15.5. The standard InChI is InChI=1S/C17H25N5O3S/c1-5-18-17-21-13(3)11-16(22-17)19-8-9-20-26(23,24)14-6-7-15(25-4)12(2)10-14/h6-7,10-11,20H,5,8-9H2,1-4H3,(H2,18,19,21,22). The zero-order valence-corrected chi connectivity index (χ0v) is 16.3. The number of nitrogens with zero attached hydrogens (tertiary/aromatic N) is 2. The smallest absolute Gasteiger partial charge is 0.240 e. The van der Waals surface area contributed by atoms with E-state index in [0.717, 1.165) is 17.8 Å². The summed E-state index contributed by atoms with van der Waals surface area (Å²) < 4.78 is 32.5. The van der Waals surface area contributed by atoms with E-state index in [4.69, 9.17) is 4.74 Å². The van der Waals surface area contributed by atoms with Gasteiger partial charge in [-0.1, -0.05) is 0 Å². The maximum Gasteiger partial charge on any atom is 0.240 e. The highest BCUT2D eigenvalue weighted by atomic mass is 32.2. The molecule has 0 aliphatic heterocycles. The van der Waals surface area contributed by atoms with Gasteiger partial charge in [-0.25, -0.2) is 18.1 Å². The Labute approximate surface area is 154 Å². The summed E-state index contributed by atoms with van der Waals surface area (Å²) in [7, 11) is -2.03. The predicted molar refractivity (Wildman–Crippen MR) is 102 cm³/mol. The van der Waals surface area contributed by atoms with Crippen LogP contribution in [0, 0.1) is 13.8 Å².